The number of ether oxygens (including phenoxy) is 4. The lowest BCUT2D eigenvalue weighted by atomic mass is 9.86. The van der Waals surface area contributed by atoms with Crippen molar-refractivity contribution in [3.63, 3.8) is 0 Å². The molecule has 3 aromatic carbocycles. The topological polar surface area (TPSA) is 134 Å². The lowest BCUT2D eigenvalue weighted by Crippen LogP contribution is -2.43. The maximum atomic E-state index is 14.8. The van der Waals surface area contributed by atoms with Crippen LogP contribution < -0.4 is 20.3 Å². The summed E-state index contributed by atoms with van der Waals surface area (Å²) in [6, 6.07) is 11.6. The van der Waals surface area contributed by atoms with Crippen LogP contribution in [-0.2, 0) is 24.7 Å². The van der Waals surface area contributed by atoms with E-state index in [1.807, 2.05) is 35.1 Å². The van der Waals surface area contributed by atoms with Gasteiger partial charge in [-0.3, -0.25) is 9.59 Å². The van der Waals surface area contributed by atoms with E-state index in [0.717, 1.165) is 0 Å². The summed E-state index contributed by atoms with van der Waals surface area (Å²) in [7, 11) is -4.19. The lowest BCUT2D eigenvalue weighted by Gasteiger charge is -2.41. The molecule has 0 bridgehead atoms. The van der Waals surface area contributed by atoms with Crippen LogP contribution in [0.4, 0.5) is 4.39 Å². The van der Waals surface area contributed by atoms with E-state index in [4.69, 9.17) is 39.4 Å². The average molecular weight is 1170 g/mol. The van der Waals surface area contributed by atoms with Gasteiger partial charge in [0.1, 0.15) is 28.4 Å². The van der Waals surface area contributed by atoms with Gasteiger partial charge >= 0.3 is 11.9 Å². The van der Waals surface area contributed by atoms with Crippen molar-refractivity contribution >= 4 is 77.9 Å². The fraction of sp³-hybridized carbons (Fsp3) is 0.559. The first-order valence-corrected chi connectivity index (χ1v) is 33.4. The number of esters is 2. The van der Waals surface area contributed by atoms with E-state index in [-0.39, 0.29) is 74.2 Å². The van der Waals surface area contributed by atoms with Gasteiger partial charge in [-0.25, -0.2) is 14.0 Å². The fourth-order valence-electron chi connectivity index (χ4n) is 8.17. The van der Waals surface area contributed by atoms with Crippen LogP contribution in [0.5, 0.6) is 11.5 Å². The number of hydrogen-bond donors (Lipinski definition) is 0. The second kappa shape index (κ2) is 25.2. The van der Waals surface area contributed by atoms with E-state index in [0.29, 0.717) is 75.3 Å². The molecule has 5 aromatic rings. The molecule has 0 aliphatic carbocycles. The predicted molar refractivity (Wildman–Crippen MR) is 316 cm³/mol. The minimum atomic E-state index is -2.14. The van der Waals surface area contributed by atoms with Crippen molar-refractivity contribution in [1.82, 2.24) is 9.13 Å². The van der Waals surface area contributed by atoms with Gasteiger partial charge in [-0.05, 0) is 116 Å². The lowest BCUT2D eigenvalue weighted by molar-refractivity contribution is 0.0513. The quantitative estimate of drug-likeness (QED) is 0.0617. The average Bonchev–Trinajstić information content (AvgIpc) is 3.28. The first-order chi connectivity index (χ1) is 35.0. The highest BCUT2D eigenvalue weighted by atomic mass is 79.9. The molecular formula is C59H85BrClFN2O10Si2. The molecule has 0 saturated carbocycles. The summed E-state index contributed by atoms with van der Waals surface area (Å²) in [4.78, 5) is 53.2. The molecule has 12 nitrogen and oxygen atoms in total. The van der Waals surface area contributed by atoms with E-state index in [2.05, 4.69) is 125 Å². The largest absolute Gasteiger partial charge is 0.492 e. The van der Waals surface area contributed by atoms with Crippen LogP contribution in [-0.4, -0.2) is 77.3 Å². The molecule has 420 valence electrons. The summed E-state index contributed by atoms with van der Waals surface area (Å²) in [6.07, 6.45) is 3.40. The summed E-state index contributed by atoms with van der Waals surface area (Å²) in [6.45, 7) is 43.9. The van der Waals surface area contributed by atoms with E-state index >= 15 is 0 Å². The van der Waals surface area contributed by atoms with Gasteiger partial charge in [0.25, 0.3) is 0 Å². The Balaban J connectivity index is 0.000000336. The smallest absolute Gasteiger partial charge is 0.343 e. The second-order valence-electron chi connectivity index (χ2n) is 24.5. The zero-order valence-electron chi connectivity index (χ0n) is 48.9. The highest BCUT2D eigenvalue weighted by Crippen LogP contribution is 2.43. The van der Waals surface area contributed by atoms with Gasteiger partial charge in [0.2, 0.25) is 10.9 Å². The van der Waals surface area contributed by atoms with Crippen LogP contribution in [0.25, 0.3) is 21.8 Å². The van der Waals surface area contributed by atoms with Crippen LogP contribution in [0.3, 0.4) is 0 Å². The monoisotopic (exact) mass is 1170 g/mol. The number of carbonyl (C=O) groups is 2. The Hall–Kier alpha value is -4.33. The third-order valence-corrected chi connectivity index (χ3v) is 24.5. The standard InChI is InChI=1S/C33H45ClFNO5Si.C26H40BrNO5Si/c1-11-39-26-18-21(16-22-14-13-15-25(34)28(22)35)17-23-29(26)36(19-24(30(23)37)31(38)40-12-2)27(32(3,4)5)20-41-42(9,10)33(6,7)8;1-11-31-20-14-17(27)13-18-22(20)28(15-19(23(18)29)24(30)32-12-2)21(25(3,4)5)16-33-34(9,10)26(6,7)8/h13-15,17-19,27H,11-12,16,20H2,1-10H3;13-15,21H,11-12,16H2,1-10H3/t27-;21-/m11/s1. The molecule has 0 spiro atoms. The summed E-state index contributed by atoms with van der Waals surface area (Å²) >= 11 is 9.54. The Bertz CT molecular complexity index is 3000. The van der Waals surface area contributed by atoms with Crippen LogP contribution in [0, 0.1) is 16.6 Å². The highest BCUT2D eigenvalue weighted by molar-refractivity contribution is 9.10. The number of fused-ring (bicyclic) bond motifs is 2. The number of benzene rings is 3. The molecule has 5 rings (SSSR count). The summed E-state index contributed by atoms with van der Waals surface area (Å²) in [5, 5.41) is 0.784. The van der Waals surface area contributed by atoms with Crippen molar-refractivity contribution < 1.29 is 41.8 Å². The Labute approximate surface area is 466 Å². The van der Waals surface area contributed by atoms with Crippen LogP contribution in [0.1, 0.15) is 155 Å². The van der Waals surface area contributed by atoms with Gasteiger partial charge < -0.3 is 36.9 Å². The third-order valence-electron chi connectivity index (χ3n) is 14.7. The molecule has 0 aliphatic heterocycles. The maximum absolute atomic E-state index is 14.8. The van der Waals surface area contributed by atoms with E-state index in [1.165, 1.54) is 6.07 Å². The van der Waals surface area contributed by atoms with Gasteiger partial charge in [-0.15, -0.1) is 0 Å². The number of pyridine rings is 2. The molecule has 0 saturated heterocycles. The van der Waals surface area contributed by atoms with Crippen molar-refractivity contribution in [2.45, 2.75) is 166 Å². The van der Waals surface area contributed by atoms with Crippen molar-refractivity contribution in [1.29, 1.82) is 0 Å². The number of nitrogens with zero attached hydrogens (tertiary/aromatic N) is 2. The van der Waals surface area contributed by atoms with E-state index in [9.17, 15) is 23.6 Å². The maximum Gasteiger partial charge on any atom is 0.343 e. The molecule has 0 radical (unpaired) electrons. The SMILES string of the molecule is CCOC(=O)c1cn([C@H](CO[Si](C)(C)C(C)(C)C)C(C)(C)C)c2c(OCC)cc(Br)cc2c1=O.CCOC(=O)c1cn([C@H](CO[Si](C)(C)C(C)(C)C)C(C)(C)C)c2c(OCC)cc(Cc3cccc(Cl)c3F)cc2c1=O. The van der Waals surface area contributed by atoms with Crippen LogP contribution in [0.2, 0.25) is 41.3 Å². The Morgan fingerprint density at radius 3 is 1.42 bits per heavy atom. The molecule has 76 heavy (non-hydrogen) atoms. The number of halogens is 3. The third kappa shape index (κ3) is 15.1. The first-order valence-electron chi connectivity index (χ1n) is 26.4. The zero-order valence-corrected chi connectivity index (χ0v) is 53.3. The van der Waals surface area contributed by atoms with Crippen LogP contribution in [0.15, 0.2) is 68.9 Å². The number of hydrogen-bond acceptors (Lipinski definition) is 10. The van der Waals surface area contributed by atoms with Gasteiger partial charge in [0, 0.05) is 23.3 Å². The van der Waals surface area contributed by atoms with Crippen molar-refractivity contribution in [2.24, 2.45) is 10.8 Å². The van der Waals surface area contributed by atoms with Gasteiger partial charge in [-0.2, -0.15) is 0 Å². The highest BCUT2D eigenvalue weighted by Gasteiger charge is 2.41. The van der Waals surface area contributed by atoms with Gasteiger partial charge in [0.15, 0.2) is 16.6 Å². The van der Waals surface area contributed by atoms with Crippen molar-refractivity contribution in [3.05, 3.63) is 113 Å². The molecule has 0 aliphatic rings. The minimum absolute atomic E-state index is 0.00186. The van der Waals surface area contributed by atoms with E-state index in [1.54, 1.807) is 50.5 Å². The molecule has 17 heteroatoms. The molecule has 0 fully saturated rings. The molecular weight excluding hydrogens is 1090 g/mol. The zero-order chi connectivity index (χ0) is 57.7. The van der Waals surface area contributed by atoms with E-state index < -0.39 is 39.8 Å². The Morgan fingerprint density at radius 2 is 1.04 bits per heavy atom. The molecule has 2 aromatic heterocycles. The van der Waals surface area contributed by atoms with Crippen LogP contribution >= 0.6 is 27.5 Å². The predicted octanol–water partition coefficient (Wildman–Crippen LogP) is 15.5. The Kier molecular flexibility index (Phi) is 21.3. The van der Waals surface area contributed by atoms with Crippen molar-refractivity contribution in [2.75, 3.05) is 39.6 Å². The summed E-state index contributed by atoms with van der Waals surface area (Å²) in [5.41, 5.74) is 0.789. The fourth-order valence-corrected chi connectivity index (χ4v) is 10.8. The van der Waals surface area contributed by atoms with Gasteiger partial charge in [-0.1, -0.05) is 123 Å². The molecule has 0 N–H and O–H groups in total. The molecule has 2 atom stereocenters. The second-order valence-corrected chi connectivity index (χ2v) is 35.4. The Morgan fingerprint density at radius 1 is 0.632 bits per heavy atom. The summed E-state index contributed by atoms with van der Waals surface area (Å²) < 4.78 is 55.5. The molecule has 0 unspecified atom stereocenters. The minimum Gasteiger partial charge on any atom is -0.492 e. The van der Waals surface area contributed by atoms with Gasteiger partial charge in [0.05, 0.1) is 78.6 Å². The number of carbonyl (C=O) groups excluding carboxylic acids is 2. The normalized spacial score (nSPS) is 13.5. The number of rotatable bonds is 18. The summed E-state index contributed by atoms with van der Waals surface area (Å²) in [5.74, 6) is -0.771. The molecule has 2 heterocycles. The van der Waals surface area contributed by atoms with Crippen molar-refractivity contribution in [3.8, 4) is 11.5 Å². The first kappa shape index (κ1) is 64.2. The molecule has 0 amide bonds. The number of aromatic nitrogens is 2.